The van der Waals surface area contributed by atoms with Gasteiger partial charge in [-0.2, -0.15) is 5.26 Å². The van der Waals surface area contributed by atoms with Gasteiger partial charge in [0.15, 0.2) is 5.66 Å². The molecule has 0 aromatic heterocycles. The fourth-order valence-electron chi connectivity index (χ4n) is 5.11. The molecule has 0 radical (unpaired) electrons. The van der Waals surface area contributed by atoms with Gasteiger partial charge in [-0.15, -0.1) is 0 Å². The van der Waals surface area contributed by atoms with Crippen molar-refractivity contribution in [2.24, 2.45) is 21.1 Å². The highest BCUT2D eigenvalue weighted by atomic mass is 35.5. The van der Waals surface area contributed by atoms with Gasteiger partial charge in [-0.1, -0.05) is 30.7 Å². The summed E-state index contributed by atoms with van der Waals surface area (Å²) in [6.45, 7) is 6.30. The van der Waals surface area contributed by atoms with Gasteiger partial charge in [-0.25, -0.2) is 4.99 Å². The molecule has 2 aromatic carbocycles. The van der Waals surface area contributed by atoms with Crippen LogP contribution in [0.2, 0.25) is 5.02 Å². The maximum Gasteiger partial charge on any atom is 0.184 e. The fourth-order valence-corrected chi connectivity index (χ4v) is 5.34. The minimum Gasteiger partial charge on any atom is -0.382 e. The van der Waals surface area contributed by atoms with Crippen molar-refractivity contribution in [3.05, 3.63) is 58.1 Å². The number of hydrogen-bond donors (Lipinski definition) is 1. The third-order valence-electron chi connectivity index (χ3n) is 7.17. The number of ether oxygens (including phenoxy) is 1. The van der Waals surface area contributed by atoms with Crippen LogP contribution in [0.5, 0.6) is 0 Å². The van der Waals surface area contributed by atoms with Crippen molar-refractivity contribution in [3.8, 4) is 17.2 Å². The monoisotopic (exact) mass is 448 g/mol. The third-order valence-corrected chi connectivity index (χ3v) is 7.39. The van der Waals surface area contributed by atoms with E-state index in [2.05, 4.69) is 38.1 Å². The second-order valence-corrected chi connectivity index (χ2v) is 9.67. The molecular formula is C26H29ClN4O. The van der Waals surface area contributed by atoms with Gasteiger partial charge >= 0.3 is 0 Å². The van der Waals surface area contributed by atoms with Gasteiger partial charge in [0.25, 0.3) is 0 Å². The van der Waals surface area contributed by atoms with Gasteiger partial charge in [-0.05, 0) is 80.5 Å². The van der Waals surface area contributed by atoms with Crippen LogP contribution >= 0.6 is 11.6 Å². The van der Waals surface area contributed by atoms with Crippen molar-refractivity contribution in [3.63, 3.8) is 0 Å². The van der Waals surface area contributed by atoms with Gasteiger partial charge in [-0.3, -0.25) is 4.99 Å². The highest BCUT2D eigenvalue weighted by molar-refractivity contribution is 6.41. The first-order valence-electron chi connectivity index (χ1n) is 11.0. The molecule has 0 saturated heterocycles. The highest BCUT2D eigenvalue weighted by Gasteiger charge is 2.54. The Labute approximate surface area is 195 Å². The molecule has 0 spiro atoms. The van der Waals surface area contributed by atoms with Crippen LogP contribution in [-0.4, -0.2) is 24.8 Å². The second kappa shape index (κ2) is 8.35. The van der Waals surface area contributed by atoms with E-state index >= 15 is 0 Å². The Balaban J connectivity index is 1.88. The molecule has 4 rings (SSSR count). The minimum absolute atomic E-state index is 0.195. The first-order chi connectivity index (χ1) is 15.2. The first-order valence-corrected chi connectivity index (χ1v) is 11.4. The molecule has 0 bridgehead atoms. The molecule has 1 unspecified atom stereocenters. The summed E-state index contributed by atoms with van der Waals surface area (Å²) in [5, 5.41) is 9.92. The van der Waals surface area contributed by atoms with Gasteiger partial charge in [0.2, 0.25) is 0 Å². The zero-order valence-electron chi connectivity index (χ0n) is 19.1. The molecule has 1 atom stereocenters. The predicted molar refractivity (Wildman–Crippen MR) is 130 cm³/mol. The van der Waals surface area contributed by atoms with Crippen molar-refractivity contribution >= 4 is 23.1 Å². The number of aryl methyl sites for hydroxylation is 1. The fraction of sp³-hybridized carbons (Fsp3) is 0.423. The number of aliphatic imine (C=N–C) groups is 2. The molecule has 6 heteroatoms. The van der Waals surface area contributed by atoms with Crippen LogP contribution < -0.4 is 5.73 Å². The van der Waals surface area contributed by atoms with Crippen LogP contribution in [0.1, 0.15) is 56.2 Å². The van der Waals surface area contributed by atoms with E-state index in [1.807, 2.05) is 19.1 Å². The number of halogens is 1. The SMILES string of the molecule is COC1CCC(C)(C2(c3cc(-c4cc(Cl)cc(C#N)c4)ccc3C)N=C(C)C(N)=N2)CC1. The average molecular weight is 449 g/mol. The molecule has 1 heterocycles. The zero-order valence-corrected chi connectivity index (χ0v) is 19.8. The molecule has 32 heavy (non-hydrogen) atoms. The van der Waals surface area contributed by atoms with E-state index in [-0.39, 0.29) is 11.5 Å². The van der Waals surface area contributed by atoms with Gasteiger partial charge < -0.3 is 10.5 Å². The molecule has 166 valence electrons. The van der Waals surface area contributed by atoms with Crippen LogP contribution in [-0.2, 0) is 10.4 Å². The van der Waals surface area contributed by atoms with Crippen molar-refractivity contribution in [1.29, 1.82) is 5.26 Å². The number of nitriles is 1. The van der Waals surface area contributed by atoms with Crippen LogP contribution in [0.15, 0.2) is 46.4 Å². The minimum atomic E-state index is -0.781. The number of nitrogens with two attached hydrogens (primary N) is 1. The molecule has 0 amide bonds. The van der Waals surface area contributed by atoms with Gasteiger partial charge in [0.1, 0.15) is 5.84 Å². The smallest absolute Gasteiger partial charge is 0.184 e. The van der Waals surface area contributed by atoms with Crippen molar-refractivity contribution in [2.45, 2.75) is 58.2 Å². The van der Waals surface area contributed by atoms with E-state index < -0.39 is 5.66 Å². The van der Waals surface area contributed by atoms with Crippen LogP contribution in [0.25, 0.3) is 11.1 Å². The van der Waals surface area contributed by atoms with Crippen LogP contribution in [0.3, 0.4) is 0 Å². The number of nitrogens with zero attached hydrogens (tertiary/aromatic N) is 3. The van der Waals surface area contributed by atoms with E-state index in [1.54, 1.807) is 13.2 Å². The van der Waals surface area contributed by atoms with E-state index in [1.165, 1.54) is 0 Å². The van der Waals surface area contributed by atoms with Crippen molar-refractivity contribution < 1.29 is 4.74 Å². The summed E-state index contributed by atoms with van der Waals surface area (Å²) in [5.74, 6) is 0.499. The maximum absolute atomic E-state index is 9.38. The average Bonchev–Trinajstić information content (AvgIpc) is 3.09. The Bertz CT molecular complexity index is 1130. The molecule has 2 aliphatic rings. The normalized spacial score (nSPS) is 27.6. The number of methoxy groups -OCH3 is 1. The van der Waals surface area contributed by atoms with E-state index in [0.29, 0.717) is 16.4 Å². The van der Waals surface area contributed by atoms with E-state index in [9.17, 15) is 5.26 Å². The summed E-state index contributed by atoms with van der Waals surface area (Å²) in [5.41, 5.74) is 10.7. The summed E-state index contributed by atoms with van der Waals surface area (Å²) in [7, 11) is 1.78. The van der Waals surface area contributed by atoms with Crippen molar-refractivity contribution in [2.75, 3.05) is 7.11 Å². The topological polar surface area (TPSA) is 83.8 Å². The molecular weight excluding hydrogens is 420 g/mol. The lowest BCUT2D eigenvalue weighted by Crippen LogP contribution is -2.44. The lowest BCUT2D eigenvalue weighted by Gasteiger charge is -2.47. The molecule has 2 N–H and O–H groups in total. The standard InChI is InChI=1S/C26H29ClN4O/c1-16-5-6-19(20-11-18(15-28)12-21(27)13-20)14-23(16)26(30-17(2)24(29)31-26)25(3)9-7-22(32-4)8-10-25/h5-6,11-14,22H,7-10H2,1-4H3,(H2,29,31). The predicted octanol–water partition coefficient (Wildman–Crippen LogP) is 5.77. The molecule has 1 aliphatic carbocycles. The summed E-state index contributed by atoms with van der Waals surface area (Å²) in [6, 6.07) is 13.9. The Morgan fingerprint density at radius 2 is 1.81 bits per heavy atom. The Morgan fingerprint density at radius 3 is 2.41 bits per heavy atom. The molecule has 1 aliphatic heterocycles. The molecule has 5 nitrogen and oxygen atoms in total. The first kappa shape index (κ1) is 22.5. The molecule has 2 aromatic rings. The lowest BCUT2D eigenvalue weighted by atomic mass is 9.63. The third kappa shape index (κ3) is 3.72. The summed E-state index contributed by atoms with van der Waals surface area (Å²) < 4.78 is 5.63. The Kier molecular flexibility index (Phi) is 5.87. The Hall–Kier alpha value is -2.68. The highest BCUT2D eigenvalue weighted by Crippen LogP contribution is 2.55. The molecule has 1 saturated carbocycles. The zero-order chi connectivity index (χ0) is 23.1. The van der Waals surface area contributed by atoms with E-state index in [0.717, 1.165) is 53.6 Å². The largest absolute Gasteiger partial charge is 0.382 e. The number of rotatable bonds is 4. The maximum atomic E-state index is 9.38. The second-order valence-electron chi connectivity index (χ2n) is 9.23. The Morgan fingerprint density at radius 1 is 1.09 bits per heavy atom. The number of amidine groups is 1. The van der Waals surface area contributed by atoms with Gasteiger partial charge in [0.05, 0.1) is 23.4 Å². The summed E-state index contributed by atoms with van der Waals surface area (Å²) in [6.07, 6.45) is 4.10. The number of hydrogen-bond acceptors (Lipinski definition) is 5. The van der Waals surface area contributed by atoms with Crippen LogP contribution in [0, 0.1) is 23.7 Å². The lowest BCUT2D eigenvalue weighted by molar-refractivity contribution is 0.00120. The summed E-state index contributed by atoms with van der Waals surface area (Å²) in [4.78, 5) is 10.2. The number of benzene rings is 2. The quantitative estimate of drug-likeness (QED) is 0.644. The molecule has 1 fully saturated rings. The van der Waals surface area contributed by atoms with Gasteiger partial charge in [0, 0.05) is 23.1 Å². The van der Waals surface area contributed by atoms with E-state index in [4.69, 9.17) is 32.1 Å². The van der Waals surface area contributed by atoms with Crippen molar-refractivity contribution in [1.82, 2.24) is 0 Å². The van der Waals surface area contributed by atoms with Crippen LogP contribution in [0.4, 0.5) is 0 Å². The summed E-state index contributed by atoms with van der Waals surface area (Å²) >= 11 is 6.29.